The van der Waals surface area contributed by atoms with Gasteiger partial charge in [0.25, 0.3) is 0 Å². The third-order valence-electron chi connectivity index (χ3n) is 13.9. The number of likely N-dealkylation sites (N-methyl/N-ethyl adjacent to an activating group) is 1. The predicted molar refractivity (Wildman–Crippen MR) is 171 cm³/mol. The fourth-order valence-corrected chi connectivity index (χ4v) is 12.4. The van der Waals surface area contributed by atoms with Gasteiger partial charge in [0.1, 0.15) is 0 Å². The first-order chi connectivity index (χ1) is 19.3. The number of rotatable bonds is 5. The Hall–Kier alpha value is -1.61. The van der Waals surface area contributed by atoms with E-state index in [1.54, 1.807) is 5.57 Å². The zero-order valence-corrected chi connectivity index (χ0v) is 27.5. The Balaban J connectivity index is 1.26. The first-order valence-electron chi connectivity index (χ1n) is 17.1. The number of fused-ring (bicyclic) bond motifs is 7. The van der Waals surface area contributed by atoms with Gasteiger partial charge in [-0.05, 0) is 143 Å². The molecule has 4 saturated carbocycles. The molecule has 1 amide bonds. The number of allylic oxidation sites excluding steroid dienone is 2. The standard InChI is InChI=1S/C38H58N2O/c1-25-11-13-27(14-12-25)29-17-21-37(6)32(35(29,3)4)19-22-36(5)30-18-23-38(34(41)39-26(2)24-40(7)8)20-9-10-31(38)28(30)15-16-33(36)37/h11-14,17,26,28,30-33H,9-10,15-16,18-24H2,1-8H3,(H,39,41)/t26-,28?,30?,31?,32?,33?,36?,37?,38?/m0/s1. The van der Waals surface area contributed by atoms with Gasteiger partial charge in [-0.3, -0.25) is 4.79 Å². The fraction of sp³-hybridized carbons (Fsp3) is 0.763. The van der Waals surface area contributed by atoms with Crippen molar-refractivity contribution in [1.29, 1.82) is 0 Å². The van der Waals surface area contributed by atoms with E-state index in [-0.39, 0.29) is 16.9 Å². The number of amides is 1. The monoisotopic (exact) mass is 558 g/mol. The van der Waals surface area contributed by atoms with E-state index < -0.39 is 0 Å². The van der Waals surface area contributed by atoms with E-state index in [1.807, 2.05) is 0 Å². The van der Waals surface area contributed by atoms with Crippen LogP contribution < -0.4 is 5.32 Å². The van der Waals surface area contributed by atoms with Crippen LogP contribution in [0.5, 0.6) is 0 Å². The van der Waals surface area contributed by atoms with Crippen LogP contribution in [0.15, 0.2) is 30.3 Å². The van der Waals surface area contributed by atoms with Crippen molar-refractivity contribution in [3.8, 4) is 0 Å². The van der Waals surface area contributed by atoms with E-state index in [0.29, 0.717) is 22.7 Å². The van der Waals surface area contributed by atoms with Gasteiger partial charge >= 0.3 is 0 Å². The van der Waals surface area contributed by atoms with Crippen molar-refractivity contribution in [3.63, 3.8) is 0 Å². The van der Waals surface area contributed by atoms with Crippen LogP contribution in [0.3, 0.4) is 0 Å². The summed E-state index contributed by atoms with van der Waals surface area (Å²) in [6.07, 6.45) is 15.3. The van der Waals surface area contributed by atoms with E-state index >= 15 is 0 Å². The molecular formula is C38H58N2O. The molecule has 0 bridgehead atoms. The molecule has 3 nitrogen and oxygen atoms in total. The Morgan fingerprint density at radius 1 is 0.902 bits per heavy atom. The Morgan fingerprint density at radius 3 is 2.34 bits per heavy atom. The van der Waals surface area contributed by atoms with Gasteiger partial charge in [0.15, 0.2) is 0 Å². The number of carbonyl (C=O) groups excluding carboxylic acids is 1. The molecule has 0 saturated heterocycles. The molecule has 6 rings (SSSR count). The van der Waals surface area contributed by atoms with Crippen LogP contribution in [0, 0.1) is 58.2 Å². The lowest BCUT2D eigenvalue weighted by Gasteiger charge is -2.68. The van der Waals surface area contributed by atoms with E-state index in [2.05, 4.69) is 96.2 Å². The van der Waals surface area contributed by atoms with E-state index in [1.165, 1.54) is 62.5 Å². The summed E-state index contributed by atoms with van der Waals surface area (Å²) in [6, 6.07) is 9.50. The van der Waals surface area contributed by atoms with E-state index in [4.69, 9.17) is 0 Å². The number of nitrogens with zero attached hydrogens (tertiary/aromatic N) is 1. The summed E-state index contributed by atoms with van der Waals surface area (Å²) in [6.45, 7) is 15.8. The molecule has 8 unspecified atom stereocenters. The molecule has 226 valence electrons. The quantitative estimate of drug-likeness (QED) is 0.393. The average Bonchev–Trinajstić information content (AvgIpc) is 3.34. The van der Waals surface area contributed by atoms with Crippen molar-refractivity contribution < 1.29 is 4.79 Å². The second-order valence-electron chi connectivity index (χ2n) is 16.7. The van der Waals surface area contributed by atoms with Gasteiger partial charge in [-0.2, -0.15) is 0 Å². The molecule has 1 aromatic rings. The summed E-state index contributed by atoms with van der Waals surface area (Å²) >= 11 is 0. The zero-order chi connectivity index (χ0) is 29.4. The molecule has 1 aromatic carbocycles. The predicted octanol–water partition coefficient (Wildman–Crippen LogP) is 8.52. The molecule has 4 fully saturated rings. The maximum Gasteiger partial charge on any atom is 0.226 e. The van der Waals surface area contributed by atoms with Crippen LogP contribution in [-0.2, 0) is 4.79 Å². The minimum Gasteiger partial charge on any atom is -0.352 e. The summed E-state index contributed by atoms with van der Waals surface area (Å²) in [5, 5.41) is 3.49. The lowest BCUT2D eigenvalue weighted by Crippen LogP contribution is -2.62. The Morgan fingerprint density at radius 2 is 1.63 bits per heavy atom. The number of aryl methyl sites for hydroxylation is 1. The summed E-state index contributed by atoms with van der Waals surface area (Å²) in [5.74, 6) is 4.01. The van der Waals surface area contributed by atoms with Crippen LogP contribution in [0.2, 0.25) is 0 Å². The van der Waals surface area contributed by atoms with Gasteiger partial charge in [0, 0.05) is 12.6 Å². The smallest absolute Gasteiger partial charge is 0.226 e. The molecule has 9 atom stereocenters. The Labute approximate surface area is 251 Å². The summed E-state index contributed by atoms with van der Waals surface area (Å²) in [4.78, 5) is 16.2. The lowest BCUT2D eigenvalue weighted by atomic mass is 9.36. The van der Waals surface area contributed by atoms with Gasteiger partial charge in [-0.15, -0.1) is 0 Å². The maximum atomic E-state index is 14.0. The molecule has 0 radical (unpaired) electrons. The first kappa shape index (κ1) is 29.5. The van der Waals surface area contributed by atoms with Crippen LogP contribution in [0.1, 0.15) is 110 Å². The number of hydrogen-bond acceptors (Lipinski definition) is 2. The van der Waals surface area contributed by atoms with Gasteiger partial charge in [0.05, 0.1) is 5.41 Å². The van der Waals surface area contributed by atoms with Gasteiger partial charge in [-0.25, -0.2) is 0 Å². The summed E-state index contributed by atoms with van der Waals surface area (Å²) < 4.78 is 0. The van der Waals surface area contributed by atoms with Gasteiger partial charge in [-0.1, -0.05) is 70.0 Å². The number of hydrogen-bond donors (Lipinski definition) is 1. The van der Waals surface area contributed by atoms with Crippen LogP contribution in [0.4, 0.5) is 0 Å². The number of carbonyl (C=O) groups is 1. The highest BCUT2D eigenvalue weighted by molar-refractivity contribution is 5.84. The maximum absolute atomic E-state index is 14.0. The highest BCUT2D eigenvalue weighted by atomic mass is 16.2. The third kappa shape index (κ3) is 4.49. The van der Waals surface area contributed by atoms with Crippen molar-refractivity contribution in [3.05, 3.63) is 41.5 Å². The van der Waals surface area contributed by atoms with Crippen LogP contribution >= 0.6 is 0 Å². The molecule has 0 aliphatic heterocycles. The summed E-state index contributed by atoms with van der Waals surface area (Å²) in [5.41, 5.74) is 5.21. The molecule has 1 N–H and O–H groups in total. The van der Waals surface area contributed by atoms with Crippen molar-refractivity contribution in [2.75, 3.05) is 20.6 Å². The van der Waals surface area contributed by atoms with Crippen molar-refractivity contribution in [2.24, 2.45) is 51.2 Å². The number of benzene rings is 1. The Bertz CT molecular complexity index is 1180. The molecule has 5 aliphatic rings. The highest BCUT2D eigenvalue weighted by Gasteiger charge is 2.66. The topological polar surface area (TPSA) is 32.3 Å². The second kappa shape index (κ2) is 10.2. The van der Waals surface area contributed by atoms with Crippen molar-refractivity contribution in [1.82, 2.24) is 10.2 Å². The molecule has 5 aliphatic carbocycles. The summed E-state index contributed by atoms with van der Waals surface area (Å²) in [7, 11) is 4.21. The Kier molecular flexibility index (Phi) is 7.36. The molecular weight excluding hydrogens is 500 g/mol. The lowest BCUT2D eigenvalue weighted by molar-refractivity contribution is -0.181. The van der Waals surface area contributed by atoms with Gasteiger partial charge in [0.2, 0.25) is 5.91 Å². The van der Waals surface area contributed by atoms with E-state index in [9.17, 15) is 4.79 Å². The second-order valence-corrected chi connectivity index (χ2v) is 16.7. The largest absolute Gasteiger partial charge is 0.352 e. The first-order valence-corrected chi connectivity index (χ1v) is 17.1. The minimum absolute atomic E-state index is 0.107. The molecule has 0 spiro atoms. The third-order valence-corrected chi connectivity index (χ3v) is 13.9. The minimum atomic E-state index is -0.107. The normalized spacial score (nSPS) is 41.9. The van der Waals surface area contributed by atoms with Crippen LogP contribution in [-0.4, -0.2) is 37.5 Å². The van der Waals surface area contributed by atoms with Crippen LogP contribution in [0.25, 0.3) is 5.57 Å². The highest BCUT2D eigenvalue weighted by Crippen LogP contribution is 2.73. The molecule has 0 heterocycles. The van der Waals surface area contributed by atoms with Crippen molar-refractivity contribution >= 4 is 11.5 Å². The zero-order valence-electron chi connectivity index (χ0n) is 27.5. The average molecular weight is 559 g/mol. The van der Waals surface area contributed by atoms with Gasteiger partial charge < -0.3 is 10.2 Å². The molecule has 41 heavy (non-hydrogen) atoms. The van der Waals surface area contributed by atoms with Crippen molar-refractivity contribution in [2.45, 2.75) is 112 Å². The van der Waals surface area contributed by atoms with E-state index in [0.717, 1.165) is 43.1 Å². The molecule has 0 aromatic heterocycles. The SMILES string of the molecule is Cc1ccc(C2=CCC3(C)C(CCC4(C)C5CCC6(C(=O)N[C@@H](C)CN(C)C)CCCC6C5CCC43)C2(C)C)cc1. The number of nitrogens with one attached hydrogen (secondary N) is 1. The fourth-order valence-electron chi connectivity index (χ4n) is 12.4. The molecule has 3 heteroatoms.